The SMILES string of the molecule is Cn1c(=O)oc2ccc(-c3n[nH]c(C(=O)O)c3Br)cc21. The maximum atomic E-state index is 11.4. The van der Waals surface area contributed by atoms with E-state index < -0.39 is 11.7 Å². The lowest BCUT2D eigenvalue weighted by molar-refractivity contribution is 0.0689. The Kier molecular flexibility index (Phi) is 2.75. The van der Waals surface area contributed by atoms with E-state index in [1.807, 2.05) is 0 Å². The maximum Gasteiger partial charge on any atom is 0.419 e. The summed E-state index contributed by atoms with van der Waals surface area (Å²) in [6, 6.07) is 5.07. The molecule has 3 rings (SSSR count). The summed E-state index contributed by atoms with van der Waals surface area (Å²) in [5.74, 6) is -1.56. The van der Waals surface area contributed by atoms with Gasteiger partial charge in [0.25, 0.3) is 0 Å². The lowest BCUT2D eigenvalue weighted by Gasteiger charge is -1.99. The highest BCUT2D eigenvalue weighted by molar-refractivity contribution is 9.10. The van der Waals surface area contributed by atoms with E-state index in [-0.39, 0.29) is 5.69 Å². The van der Waals surface area contributed by atoms with E-state index in [0.29, 0.717) is 26.8 Å². The zero-order valence-electron chi connectivity index (χ0n) is 10.2. The topological polar surface area (TPSA) is 101 Å². The van der Waals surface area contributed by atoms with Gasteiger partial charge in [0.05, 0.1) is 9.99 Å². The zero-order valence-corrected chi connectivity index (χ0v) is 11.8. The van der Waals surface area contributed by atoms with Crippen LogP contribution in [0, 0.1) is 0 Å². The number of halogens is 1. The number of aryl methyl sites for hydroxylation is 1. The highest BCUT2D eigenvalue weighted by atomic mass is 79.9. The summed E-state index contributed by atoms with van der Waals surface area (Å²) in [4.78, 5) is 22.4. The van der Waals surface area contributed by atoms with Crippen LogP contribution in [0.5, 0.6) is 0 Å². The number of aromatic carboxylic acids is 1. The Bertz CT molecular complexity index is 890. The number of nitrogens with one attached hydrogen (secondary N) is 1. The number of carbonyl (C=O) groups is 1. The standard InChI is InChI=1S/C12H8BrN3O4/c1-16-6-4-5(2-3-7(6)20-12(16)19)9-8(13)10(11(17)18)15-14-9/h2-4H,1H3,(H,14,15)(H,17,18). The van der Waals surface area contributed by atoms with Crippen molar-refractivity contribution in [2.45, 2.75) is 0 Å². The predicted molar refractivity (Wildman–Crippen MR) is 73.7 cm³/mol. The molecule has 0 aliphatic carbocycles. The Morgan fingerprint density at radius 3 is 2.90 bits per heavy atom. The molecule has 2 aromatic heterocycles. The number of aromatic amines is 1. The van der Waals surface area contributed by atoms with Crippen LogP contribution in [0.4, 0.5) is 0 Å². The third-order valence-electron chi connectivity index (χ3n) is 2.99. The Hall–Kier alpha value is -2.35. The monoisotopic (exact) mass is 337 g/mol. The summed E-state index contributed by atoms with van der Waals surface area (Å²) in [6.45, 7) is 0. The molecule has 1 aromatic carbocycles. The smallest absolute Gasteiger partial charge is 0.419 e. The molecular formula is C12H8BrN3O4. The third kappa shape index (κ3) is 1.76. The number of carboxylic acids is 1. The van der Waals surface area contributed by atoms with E-state index in [0.717, 1.165) is 0 Å². The van der Waals surface area contributed by atoms with Gasteiger partial charge < -0.3 is 9.52 Å². The van der Waals surface area contributed by atoms with Crippen LogP contribution >= 0.6 is 15.9 Å². The molecule has 0 atom stereocenters. The number of aromatic nitrogens is 3. The van der Waals surface area contributed by atoms with E-state index in [9.17, 15) is 9.59 Å². The largest absolute Gasteiger partial charge is 0.476 e. The number of carboxylic acid groups (broad SMARTS) is 1. The van der Waals surface area contributed by atoms with Gasteiger partial charge in [-0.05, 0) is 34.1 Å². The van der Waals surface area contributed by atoms with Gasteiger partial charge in [-0.25, -0.2) is 9.59 Å². The number of H-pyrrole nitrogens is 1. The fourth-order valence-electron chi connectivity index (χ4n) is 1.94. The lowest BCUT2D eigenvalue weighted by Crippen LogP contribution is -2.08. The number of nitrogens with zero attached hydrogens (tertiary/aromatic N) is 2. The van der Waals surface area contributed by atoms with Gasteiger partial charge in [-0.2, -0.15) is 5.10 Å². The number of oxazole rings is 1. The van der Waals surface area contributed by atoms with Gasteiger partial charge in [0.1, 0.15) is 5.69 Å². The number of fused-ring (bicyclic) bond motifs is 1. The van der Waals surface area contributed by atoms with E-state index in [1.54, 1.807) is 25.2 Å². The van der Waals surface area contributed by atoms with Crippen molar-refractivity contribution in [1.82, 2.24) is 14.8 Å². The van der Waals surface area contributed by atoms with Gasteiger partial charge in [-0.1, -0.05) is 0 Å². The van der Waals surface area contributed by atoms with Crippen molar-refractivity contribution in [3.05, 3.63) is 38.9 Å². The first kappa shape index (κ1) is 12.7. The first-order valence-electron chi connectivity index (χ1n) is 5.56. The van der Waals surface area contributed by atoms with Gasteiger partial charge in [-0.3, -0.25) is 9.67 Å². The minimum Gasteiger partial charge on any atom is -0.476 e. The maximum absolute atomic E-state index is 11.4. The van der Waals surface area contributed by atoms with E-state index in [2.05, 4.69) is 26.1 Å². The third-order valence-corrected chi connectivity index (χ3v) is 3.76. The molecule has 0 saturated carbocycles. The van der Waals surface area contributed by atoms with Crippen LogP contribution in [-0.4, -0.2) is 25.8 Å². The Morgan fingerprint density at radius 2 is 2.25 bits per heavy atom. The van der Waals surface area contributed by atoms with Crippen molar-refractivity contribution in [3.63, 3.8) is 0 Å². The second kappa shape index (κ2) is 4.34. The summed E-state index contributed by atoms with van der Waals surface area (Å²) in [5.41, 5.74) is 2.18. The molecule has 0 amide bonds. The lowest BCUT2D eigenvalue weighted by atomic mass is 10.1. The van der Waals surface area contributed by atoms with Crippen molar-refractivity contribution < 1.29 is 14.3 Å². The second-order valence-electron chi connectivity index (χ2n) is 4.18. The Labute approximate surface area is 120 Å². The van der Waals surface area contributed by atoms with Gasteiger partial charge in [0, 0.05) is 12.6 Å². The van der Waals surface area contributed by atoms with Gasteiger partial charge in [-0.15, -0.1) is 0 Å². The minimum atomic E-state index is -1.10. The number of hydrogen-bond acceptors (Lipinski definition) is 4. The molecule has 0 fully saturated rings. The van der Waals surface area contributed by atoms with Crippen molar-refractivity contribution >= 4 is 33.0 Å². The summed E-state index contributed by atoms with van der Waals surface area (Å²) in [6.07, 6.45) is 0. The molecule has 0 spiro atoms. The molecule has 7 nitrogen and oxygen atoms in total. The van der Waals surface area contributed by atoms with Gasteiger partial charge in [0.15, 0.2) is 11.3 Å². The molecule has 0 saturated heterocycles. The average molecular weight is 338 g/mol. The van der Waals surface area contributed by atoms with Crippen LogP contribution < -0.4 is 5.76 Å². The van der Waals surface area contributed by atoms with Crippen molar-refractivity contribution in [2.75, 3.05) is 0 Å². The summed E-state index contributed by atoms with van der Waals surface area (Å²) in [5, 5.41) is 15.4. The molecule has 20 heavy (non-hydrogen) atoms. The zero-order chi connectivity index (χ0) is 14.4. The number of benzene rings is 1. The molecule has 0 radical (unpaired) electrons. The molecule has 102 valence electrons. The average Bonchev–Trinajstić information content (AvgIpc) is 2.92. The van der Waals surface area contributed by atoms with E-state index >= 15 is 0 Å². The van der Waals surface area contributed by atoms with E-state index in [1.165, 1.54) is 4.57 Å². The van der Waals surface area contributed by atoms with Crippen LogP contribution in [-0.2, 0) is 7.05 Å². The fourth-order valence-corrected chi connectivity index (χ4v) is 2.51. The van der Waals surface area contributed by atoms with Gasteiger partial charge >= 0.3 is 11.7 Å². The molecule has 0 bridgehead atoms. The summed E-state index contributed by atoms with van der Waals surface area (Å²) in [7, 11) is 1.60. The summed E-state index contributed by atoms with van der Waals surface area (Å²) >= 11 is 3.21. The molecule has 2 heterocycles. The Morgan fingerprint density at radius 1 is 1.50 bits per heavy atom. The van der Waals surface area contributed by atoms with Crippen molar-refractivity contribution in [2.24, 2.45) is 7.05 Å². The summed E-state index contributed by atoms with van der Waals surface area (Å²) < 4.78 is 6.77. The molecule has 0 aliphatic rings. The molecule has 0 aliphatic heterocycles. The normalized spacial score (nSPS) is 11.1. The number of rotatable bonds is 2. The van der Waals surface area contributed by atoms with Gasteiger partial charge in [0.2, 0.25) is 0 Å². The molecule has 3 aromatic rings. The highest BCUT2D eigenvalue weighted by Gasteiger charge is 2.18. The minimum absolute atomic E-state index is 0.0267. The first-order valence-corrected chi connectivity index (χ1v) is 6.35. The van der Waals surface area contributed by atoms with Crippen LogP contribution in [0.25, 0.3) is 22.4 Å². The Balaban J connectivity index is 2.22. The van der Waals surface area contributed by atoms with Crippen LogP contribution in [0.3, 0.4) is 0 Å². The molecule has 8 heteroatoms. The first-order chi connectivity index (χ1) is 9.49. The molecular weight excluding hydrogens is 330 g/mol. The molecule has 0 unspecified atom stereocenters. The van der Waals surface area contributed by atoms with Crippen LogP contribution in [0.1, 0.15) is 10.5 Å². The second-order valence-corrected chi connectivity index (χ2v) is 4.97. The van der Waals surface area contributed by atoms with Crippen molar-refractivity contribution in [3.8, 4) is 11.3 Å². The fraction of sp³-hybridized carbons (Fsp3) is 0.0833. The quantitative estimate of drug-likeness (QED) is 0.744. The van der Waals surface area contributed by atoms with Crippen molar-refractivity contribution in [1.29, 1.82) is 0 Å². The predicted octanol–water partition coefficient (Wildman–Crippen LogP) is 1.98. The number of hydrogen-bond donors (Lipinski definition) is 2. The van der Waals surface area contributed by atoms with E-state index in [4.69, 9.17) is 9.52 Å². The molecule has 2 N–H and O–H groups in total. The van der Waals surface area contributed by atoms with Crippen LogP contribution in [0.15, 0.2) is 31.9 Å². The van der Waals surface area contributed by atoms with Crippen LogP contribution in [0.2, 0.25) is 0 Å². The highest BCUT2D eigenvalue weighted by Crippen LogP contribution is 2.30.